The summed E-state index contributed by atoms with van der Waals surface area (Å²) in [5.41, 5.74) is -1.19. The van der Waals surface area contributed by atoms with E-state index in [1.54, 1.807) is 6.92 Å². The van der Waals surface area contributed by atoms with Gasteiger partial charge in [-0.05, 0) is 24.1 Å². The second kappa shape index (κ2) is 3.87. The Morgan fingerprint density at radius 1 is 1.40 bits per heavy atom. The number of hydrogen-bond donors (Lipinski definition) is 1. The van der Waals surface area contributed by atoms with Crippen LogP contribution in [0.1, 0.15) is 13.3 Å². The van der Waals surface area contributed by atoms with Crippen molar-refractivity contribution < 1.29 is 13.2 Å². The summed E-state index contributed by atoms with van der Waals surface area (Å²) in [6, 6.07) is 0. The summed E-state index contributed by atoms with van der Waals surface area (Å²) >= 11 is 0. The maximum atomic E-state index is 12.4. The number of allylic oxidation sites excluding steroid dienone is 5. The molecule has 0 aromatic rings. The minimum absolute atomic E-state index is 0.177. The molecule has 0 fully saturated rings. The molecule has 0 heterocycles. The van der Waals surface area contributed by atoms with Crippen LogP contribution in [0.5, 0.6) is 0 Å². The molecule has 0 saturated carbocycles. The van der Waals surface area contributed by atoms with Crippen LogP contribution < -0.4 is 0 Å². The van der Waals surface area contributed by atoms with E-state index >= 15 is 0 Å². The van der Waals surface area contributed by atoms with Crippen molar-refractivity contribution in [3.05, 3.63) is 34.3 Å². The minimum atomic E-state index is -4.58. The fraction of sp³-hybridized carbons (Fsp3) is 0.300. The first-order valence-electron chi connectivity index (χ1n) is 4.26. The van der Waals surface area contributed by atoms with E-state index in [4.69, 9.17) is 10.8 Å². The van der Waals surface area contributed by atoms with Crippen molar-refractivity contribution >= 4 is 11.6 Å². The molecule has 5 heteroatoms. The Labute approximate surface area is 84.8 Å². The van der Waals surface area contributed by atoms with Crippen LogP contribution in [0.25, 0.3) is 5.41 Å². The van der Waals surface area contributed by atoms with Crippen molar-refractivity contribution in [3.8, 4) is 0 Å². The van der Waals surface area contributed by atoms with Crippen molar-refractivity contribution in [1.29, 1.82) is 5.41 Å². The third-order valence-electron chi connectivity index (χ3n) is 2.05. The second-order valence-electron chi connectivity index (χ2n) is 3.02. The molecule has 1 aliphatic carbocycles. The van der Waals surface area contributed by atoms with E-state index in [1.807, 2.05) is 0 Å². The quantitative estimate of drug-likeness (QED) is 0.651. The molecule has 0 atom stereocenters. The molecule has 0 aromatic carbocycles. The van der Waals surface area contributed by atoms with Gasteiger partial charge in [-0.15, -0.1) is 0 Å². The molecular formula is C10H8F3N2-. The topological polar surface area (TPSA) is 46.2 Å². The van der Waals surface area contributed by atoms with Crippen LogP contribution in [-0.2, 0) is 0 Å². The number of hydrogen-bond acceptors (Lipinski definition) is 1. The van der Waals surface area contributed by atoms with Crippen molar-refractivity contribution in [1.82, 2.24) is 0 Å². The van der Waals surface area contributed by atoms with Crippen molar-refractivity contribution in [2.24, 2.45) is 0 Å². The predicted molar refractivity (Wildman–Crippen MR) is 52.1 cm³/mol. The highest BCUT2D eigenvalue weighted by Gasteiger charge is 2.36. The minimum Gasteiger partial charge on any atom is -0.763 e. The molecule has 1 rings (SSSR count). The van der Waals surface area contributed by atoms with E-state index in [2.05, 4.69) is 0 Å². The van der Waals surface area contributed by atoms with E-state index < -0.39 is 17.3 Å². The van der Waals surface area contributed by atoms with Gasteiger partial charge in [0.05, 0.1) is 11.3 Å². The average molecular weight is 213 g/mol. The smallest absolute Gasteiger partial charge is 0.417 e. The Morgan fingerprint density at radius 2 is 2.00 bits per heavy atom. The second-order valence-corrected chi connectivity index (χ2v) is 3.02. The molecule has 0 saturated heterocycles. The molecule has 0 radical (unpaired) electrons. The van der Waals surface area contributed by atoms with Gasteiger partial charge in [0, 0.05) is 5.57 Å². The van der Waals surface area contributed by atoms with Gasteiger partial charge >= 0.3 is 6.18 Å². The molecule has 80 valence electrons. The molecule has 0 aliphatic heterocycles. The average Bonchev–Trinajstić information content (AvgIpc) is 2.16. The Kier molecular flexibility index (Phi) is 2.95. The highest BCUT2D eigenvalue weighted by Crippen LogP contribution is 2.34. The van der Waals surface area contributed by atoms with E-state index in [1.165, 1.54) is 5.87 Å². The van der Waals surface area contributed by atoms with Gasteiger partial charge in [-0.2, -0.15) is 13.2 Å². The number of nitrogens with zero attached hydrogens (tertiary/aromatic N) is 1. The summed E-state index contributed by atoms with van der Waals surface area (Å²) in [4.78, 5) is 0. The SMILES string of the molecule is CCC1=CC(=C=[N-])C(C(F)(F)F)=CC1=N. The molecule has 0 aromatic heterocycles. The fourth-order valence-electron chi connectivity index (χ4n) is 1.26. The number of rotatable bonds is 1. The van der Waals surface area contributed by atoms with Crippen LogP contribution in [0.3, 0.4) is 0 Å². The monoisotopic (exact) mass is 213 g/mol. The van der Waals surface area contributed by atoms with Gasteiger partial charge in [0.1, 0.15) is 0 Å². The van der Waals surface area contributed by atoms with Crippen LogP contribution in [0.15, 0.2) is 28.9 Å². The van der Waals surface area contributed by atoms with Crippen LogP contribution in [-0.4, -0.2) is 17.8 Å². The number of nitrogens with one attached hydrogen (secondary N) is 1. The van der Waals surface area contributed by atoms with Gasteiger partial charge in [0.15, 0.2) is 0 Å². The van der Waals surface area contributed by atoms with Gasteiger partial charge in [0.2, 0.25) is 0 Å². The van der Waals surface area contributed by atoms with Crippen molar-refractivity contribution in [2.75, 3.05) is 0 Å². The predicted octanol–water partition coefficient (Wildman–Crippen LogP) is 3.01. The molecular weight excluding hydrogens is 205 g/mol. The van der Waals surface area contributed by atoms with Crippen molar-refractivity contribution in [3.63, 3.8) is 0 Å². The van der Waals surface area contributed by atoms with Gasteiger partial charge in [-0.25, -0.2) is 0 Å². The van der Waals surface area contributed by atoms with Gasteiger partial charge in [-0.3, -0.25) is 5.87 Å². The Morgan fingerprint density at radius 3 is 2.40 bits per heavy atom. The zero-order valence-corrected chi connectivity index (χ0v) is 7.94. The largest absolute Gasteiger partial charge is 0.763 e. The zero-order valence-electron chi connectivity index (χ0n) is 7.94. The molecule has 2 nitrogen and oxygen atoms in total. The van der Waals surface area contributed by atoms with Gasteiger partial charge in [-0.1, -0.05) is 6.92 Å². The zero-order chi connectivity index (χ0) is 11.6. The Bertz CT molecular complexity index is 407. The van der Waals surface area contributed by atoms with E-state index in [0.29, 0.717) is 18.1 Å². The summed E-state index contributed by atoms with van der Waals surface area (Å²) in [5, 5.41) is 15.9. The first-order valence-corrected chi connectivity index (χ1v) is 4.26. The fourth-order valence-corrected chi connectivity index (χ4v) is 1.26. The van der Waals surface area contributed by atoms with E-state index in [0.717, 1.165) is 6.08 Å². The van der Waals surface area contributed by atoms with Crippen LogP contribution in [0.4, 0.5) is 13.2 Å². The summed E-state index contributed by atoms with van der Waals surface area (Å²) in [7, 11) is 0. The Balaban J connectivity index is 3.25. The third-order valence-corrected chi connectivity index (χ3v) is 2.05. The van der Waals surface area contributed by atoms with Gasteiger partial charge < -0.3 is 10.8 Å². The standard InChI is InChI=1S/C10H8F3N2/c1-2-6-3-7(5-14)8(4-9(6)15)10(11,12)13/h3-4,15H,2H2,1H3/q-1. The Hall–Kier alpha value is -1.61. The van der Waals surface area contributed by atoms with E-state index in [9.17, 15) is 13.2 Å². The third kappa shape index (κ3) is 2.25. The molecule has 15 heavy (non-hydrogen) atoms. The van der Waals surface area contributed by atoms with Gasteiger partial charge in [0.25, 0.3) is 0 Å². The highest BCUT2D eigenvalue weighted by molar-refractivity contribution is 6.10. The maximum Gasteiger partial charge on any atom is 0.417 e. The summed E-state index contributed by atoms with van der Waals surface area (Å²) in [6.07, 6.45) is -2.30. The highest BCUT2D eigenvalue weighted by atomic mass is 19.4. The maximum absolute atomic E-state index is 12.4. The first-order chi connectivity index (χ1) is 6.90. The molecule has 0 amide bonds. The molecule has 0 unspecified atom stereocenters. The van der Waals surface area contributed by atoms with Crippen LogP contribution in [0.2, 0.25) is 0 Å². The summed E-state index contributed by atoms with van der Waals surface area (Å²) < 4.78 is 37.2. The first kappa shape index (κ1) is 11.5. The van der Waals surface area contributed by atoms with Crippen LogP contribution in [0, 0.1) is 5.41 Å². The van der Waals surface area contributed by atoms with E-state index in [-0.39, 0.29) is 5.71 Å². The summed E-state index contributed by atoms with van der Waals surface area (Å²) in [5.74, 6) is 1.50. The lowest BCUT2D eigenvalue weighted by Crippen LogP contribution is -2.19. The lowest BCUT2D eigenvalue weighted by atomic mass is 9.92. The normalized spacial score (nSPS) is 17.1. The molecule has 0 bridgehead atoms. The lowest BCUT2D eigenvalue weighted by Gasteiger charge is -2.18. The summed E-state index contributed by atoms with van der Waals surface area (Å²) in [6.45, 7) is 1.72. The number of halogens is 3. The lowest BCUT2D eigenvalue weighted by molar-refractivity contribution is -0.0888. The number of alkyl halides is 3. The molecule has 1 N–H and O–H groups in total. The van der Waals surface area contributed by atoms with Crippen molar-refractivity contribution in [2.45, 2.75) is 19.5 Å². The molecule has 0 spiro atoms. The molecule has 1 aliphatic rings. The van der Waals surface area contributed by atoms with Crippen LogP contribution >= 0.6 is 0 Å².